The number of aryl methyl sites for hydroxylation is 1. The van der Waals surface area contributed by atoms with Gasteiger partial charge in [-0.05, 0) is 56.7 Å². The number of aromatic nitrogens is 3. The predicted molar refractivity (Wildman–Crippen MR) is 98.8 cm³/mol. The zero-order chi connectivity index (χ0) is 17.1. The van der Waals surface area contributed by atoms with Crippen LogP contribution >= 0.6 is 11.6 Å². The zero-order valence-corrected chi connectivity index (χ0v) is 15.1. The quantitative estimate of drug-likeness (QED) is 0.731. The molecule has 1 unspecified atom stereocenters. The van der Waals surface area contributed by atoms with Crippen molar-refractivity contribution in [2.24, 2.45) is 0 Å². The second-order valence-corrected chi connectivity index (χ2v) is 6.69. The lowest BCUT2D eigenvalue weighted by molar-refractivity contribution is 0.475. The third kappa shape index (κ3) is 3.71. The highest BCUT2D eigenvalue weighted by Crippen LogP contribution is 2.22. The van der Waals surface area contributed by atoms with Crippen molar-refractivity contribution in [2.45, 2.75) is 39.9 Å². The number of hydrogen-bond donors (Lipinski definition) is 1. The fraction of sp³-hybridized carbons (Fsp3) is 0.316. The number of hydrogen-bond acceptors (Lipinski definition) is 2. The molecule has 0 radical (unpaired) electrons. The Labute approximate surface area is 148 Å². The van der Waals surface area contributed by atoms with Crippen LogP contribution in [0.1, 0.15) is 23.9 Å². The second kappa shape index (κ2) is 7.24. The van der Waals surface area contributed by atoms with Crippen LogP contribution in [-0.2, 0) is 13.1 Å². The Morgan fingerprint density at radius 2 is 1.96 bits per heavy atom. The molecule has 0 amide bonds. The second-order valence-electron chi connectivity index (χ2n) is 6.25. The van der Waals surface area contributed by atoms with Gasteiger partial charge in [-0.15, -0.1) is 0 Å². The van der Waals surface area contributed by atoms with Crippen molar-refractivity contribution >= 4 is 11.6 Å². The minimum Gasteiger partial charge on any atom is -0.336 e. The summed E-state index contributed by atoms with van der Waals surface area (Å²) in [4.78, 5) is 4.08. The maximum absolute atomic E-state index is 6.00. The maximum atomic E-state index is 6.00. The van der Waals surface area contributed by atoms with E-state index < -0.39 is 0 Å². The highest BCUT2D eigenvalue weighted by Gasteiger charge is 2.11. The van der Waals surface area contributed by atoms with E-state index in [1.165, 1.54) is 17.0 Å². The number of nitrogens with one attached hydrogen (secondary N) is 1. The van der Waals surface area contributed by atoms with Gasteiger partial charge in [0.25, 0.3) is 0 Å². The normalized spacial score (nSPS) is 12.5. The van der Waals surface area contributed by atoms with Gasteiger partial charge in [0.15, 0.2) is 0 Å². The molecule has 3 aromatic rings. The summed E-state index contributed by atoms with van der Waals surface area (Å²) in [6.07, 6.45) is 5.65. The molecule has 1 atom stereocenters. The van der Waals surface area contributed by atoms with Gasteiger partial charge in [0.2, 0.25) is 0 Å². The van der Waals surface area contributed by atoms with Crippen LogP contribution in [0.4, 0.5) is 0 Å². The van der Waals surface area contributed by atoms with Crippen LogP contribution in [0.2, 0.25) is 5.02 Å². The van der Waals surface area contributed by atoms with Crippen LogP contribution in [0.3, 0.4) is 0 Å². The third-order valence-corrected chi connectivity index (χ3v) is 4.56. The van der Waals surface area contributed by atoms with E-state index in [-0.39, 0.29) is 0 Å². The van der Waals surface area contributed by atoms with Gasteiger partial charge in [-0.3, -0.25) is 0 Å². The van der Waals surface area contributed by atoms with Gasteiger partial charge in [-0.2, -0.15) is 0 Å². The average Bonchev–Trinajstić information content (AvgIpc) is 3.15. The Hall–Kier alpha value is -2.04. The smallest absolute Gasteiger partial charge is 0.0946 e. The SMILES string of the molecule is Cc1cc(CNC(C)Cn2ccnc2)c(C)n1-c1ccc(Cl)cc1. The highest BCUT2D eigenvalue weighted by molar-refractivity contribution is 6.30. The van der Waals surface area contributed by atoms with Crippen molar-refractivity contribution in [1.29, 1.82) is 0 Å². The zero-order valence-electron chi connectivity index (χ0n) is 14.3. The lowest BCUT2D eigenvalue weighted by atomic mass is 10.2. The van der Waals surface area contributed by atoms with Crippen LogP contribution in [0.25, 0.3) is 5.69 Å². The molecule has 0 bridgehead atoms. The van der Waals surface area contributed by atoms with Crippen molar-refractivity contribution in [1.82, 2.24) is 19.4 Å². The minimum atomic E-state index is 0.373. The Kier molecular flexibility index (Phi) is 5.07. The molecule has 0 aliphatic heterocycles. The molecule has 4 nitrogen and oxygen atoms in total. The van der Waals surface area contributed by atoms with Gasteiger partial charge < -0.3 is 14.5 Å². The van der Waals surface area contributed by atoms with Crippen molar-refractivity contribution in [2.75, 3.05) is 0 Å². The first-order valence-corrected chi connectivity index (χ1v) is 8.55. The number of nitrogens with zero attached hydrogens (tertiary/aromatic N) is 3. The highest BCUT2D eigenvalue weighted by atomic mass is 35.5. The van der Waals surface area contributed by atoms with E-state index in [2.05, 4.69) is 58.4 Å². The van der Waals surface area contributed by atoms with Crippen molar-refractivity contribution in [3.8, 4) is 5.69 Å². The molecular formula is C19H23ClN4. The summed E-state index contributed by atoms with van der Waals surface area (Å²) in [5.74, 6) is 0. The van der Waals surface area contributed by atoms with E-state index in [9.17, 15) is 0 Å². The Morgan fingerprint density at radius 1 is 1.21 bits per heavy atom. The standard InChI is InChI=1S/C19H23ClN4/c1-14(12-23-9-8-21-13-23)22-11-17-10-15(2)24(16(17)3)19-6-4-18(20)5-7-19/h4-10,13-14,22H,11-12H2,1-3H3. The van der Waals surface area contributed by atoms with E-state index in [4.69, 9.17) is 11.6 Å². The van der Waals surface area contributed by atoms with Crippen LogP contribution in [0.5, 0.6) is 0 Å². The third-order valence-electron chi connectivity index (χ3n) is 4.31. The van der Waals surface area contributed by atoms with E-state index in [0.717, 1.165) is 23.8 Å². The molecule has 0 fully saturated rings. The van der Waals surface area contributed by atoms with Crippen molar-refractivity contribution in [3.63, 3.8) is 0 Å². The van der Waals surface area contributed by atoms with Crippen molar-refractivity contribution < 1.29 is 0 Å². The Balaban J connectivity index is 1.70. The van der Waals surface area contributed by atoms with E-state index in [0.29, 0.717) is 6.04 Å². The molecule has 0 spiro atoms. The molecule has 5 heteroatoms. The van der Waals surface area contributed by atoms with Gasteiger partial charge in [0, 0.05) is 53.6 Å². The van der Waals surface area contributed by atoms with Crippen LogP contribution in [0, 0.1) is 13.8 Å². The molecule has 0 saturated heterocycles. The summed E-state index contributed by atoms with van der Waals surface area (Å²) in [7, 11) is 0. The fourth-order valence-electron chi connectivity index (χ4n) is 3.06. The molecule has 1 aromatic carbocycles. The molecule has 2 heterocycles. The largest absolute Gasteiger partial charge is 0.336 e. The molecule has 0 aliphatic rings. The molecule has 2 aromatic heterocycles. The number of imidazole rings is 1. The van der Waals surface area contributed by atoms with E-state index in [1.54, 1.807) is 0 Å². The molecule has 1 N–H and O–H groups in total. The van der Waals surface area contributed by atoms with Crippen LogP contribution in [-0.4, -0.2) is 20.2 Å². The topological polar surface area (TPSA) is 34.8 Å². The van der Waals surface area contributed by atoms with Gasteiger partial charge in [0.1, 0.15) is 0 Å². The molecule has 126 valence electrons. The van der Waals surface area contributed by atoms with Gasteiger partial charge >= 0.3 is 0 Å². The predicted octanol–water partition coefficient (Wildman–Crippen LogP) is 4.12. The summed E-state index contributed by atoms with van der Waals surface area (Å²) in [6.45, 7) is 8.26. The summed E-state index contributed by atoms with van der Waals surface area (Å²) in [5, 5.41) is 4.36. The summed E-state index contributed by atoms with van der Waals surface area (Å²) < 4.78 is 4.36. The number of benzene rings is 1. The maximum Gasteiger partial charge on any atom is 0.0946 e. The van der Waals surface area contributed by atoms with E-state index >= 15 is 0 Å². The molecule has 0 saturated carbocycles. The fourth-order valence-corrected chi connectivity index (χ4v) is 3.18. The molecule has 24 heavy (non-hydrogen) atoms. The van der Waals surface area contributed by atoms with Crippen LogP contribution < -0.4 is 5.32 Å². The van der Waals surface area contributed by atoms with Crippen molar-refractivity contribution in [3.05, 3.63) is 71.0 Å². The number of rotatable bonds is 6. The summed E-state index contributed by atoms with van der Waals surface area (Å²) in [5.41, 5.74) is 4.96. The van der Waals surface area contributed by atoms with Gasteiger partial charge in [0.05, 0.1) is 6.33 Å². The first-order chi connectivity index (χ1) is 11.5. The molecule has 0 aliphatic carbocycles. The number of halogens is 1. The first-order valence-electron chi connectivity index (χ1n) is 8.17. The summed E-state index contributed by atoms with van der Waals surface area (Å²) in [6, 6.07) is 10.6. The Morgan fingerprint density at radius 3 is 2.62 bits per heavy atom. The Bertz CT molecular complexity index is 788. The lowest BCUT2D eigenvalue weighted by Gasteiger charge is -2.15. The minimum absolute atomic E-state index is 0.373. The average molecular weight is 343 g/mol. The van der Waals surface area contributed by atoms with Gasteiger partial charge in [-0.1, -0.05) is 11.6 Å². The lowest BCUT2D eigenvalue weighted by Crippen LogP contribution is -2.29. The van der Waals surface area contributed by atoms with E-state index in [1.807, 2.05) is 30.9 Å². The summed E-state index contributed by atoms with van der Waals surface area (Å²) >= 11 is 6.00. The first kappa shape index (κ1) is 16.8. The molecule has 3 rings (SSSR count). The monoisotopic (exact) mass is 342 g/mol. The molecular weight excluding hydrogens is 320 g/mol. The van der Waals surface area contributed by atoms with Gasteiger partial charge in [-0.25, -0.2) is 4.98 Å². The van der Waals surface area contributed by atoms with Crippen LogP contribution in [0.15, 0.2) is 49.1 Å².